The van der Waals surface area contributed by atoms with Crippen LogP contribution in [0.2, 0.25) is 0 Å². The molecule has 78 valence electrons. The van der Waals surface area contributed by atoms with Gasteiger partial charge in [0.25, 0.3) is 0 Å². The van der Waals surface area contributed by atoms with Crippen LogP contribution in [0.5, 0.6) is 0 Å². The van der Waals surface area contributed by atoms with Crippen LogP contribution in [0.3, 0.4) is 0 Å². The summed E-state index contributed by atoms with van der Waals surface area (Å²) in [7, 11) is 0. The maximum Gasteiger partial charge on any atom is 0.0569 e. The van der Waals surface area contributed by atoms with Crippen molar-refractivity contribution in [3.63, 3.8) is 0 Å². The molecule has 1 rings (SSSR count). The Morgan fingerprint density at radius 1 is 1.38 bits per heavy atom. The third-order valence-corrected chi connectivity index (χ3v) is 3.27. The number of aliphatic hydroxyl groups excluding tert-OH is 2. The number of aliphatic hydroxyl groups is 2. The molecule has 0 aromatic carbocycles. The van der Waals surface area contributed by atoms with Gasteiger partial charge in [-0.2, -0.15) is 0 Å². The monoisotopic (exact) mass is 186 g/mol. The first-order valence-corrected chi connectivity index (χ1v) is 5.49. The van der Waals surface area contributed by atoms with Crippen LogP contribution in [0.4, 0.5) is 0 Å². The van der Waals surface area contributed by atoms with E-state index in [2.05, 4.69) is 6.92 Å². The van der Waals surface area contributed by atoms with Crippen LogP contribution in [0.15, 0.2) is 0 Å². The van der Waals surface area contributed by atoms with Crippen molar-refractivity contribution in [2.45, 2.75) is 58.2 Å². The van der Waals surface area contributed by atoms with Gasteiger partial charge >= 0.3 is 0 Å². The van der Waals surface area contributed by atoms with Gasteiger partial charge in [0.1, 0.15) is 0 Å². The lowest BCUT2D eigenvalue weighted by Crippen LogP contribution is -2.31. The van der Waals surface area contributed by atoms with Crippen molar-refractivity contribution in [1.82, 2.24) is 0 Å². The van der Waals surface area contributed by atoms with E-state index in [0.29, 0.717) is 5.92 Å². The van der Waals surface area contributed by atoms with E-state index >= 15 is 0 Å². The van der Waals surface area contributed by atoms with E-state index in [0.717, 1.165) is 31.6 Å². The van der Waals surface area contributed by atoms with Crippen LogP contribution in [-0.2, 0) is 0 Å². The molecule has 1 saturated carbocycles. The van der Waals surface area contributed by atoms with Crippen molar-refractivity contribution in [3.05, 3.63) is 0 Å². The highest BCUT2D eigenvalue weighted by Gasteiger charge is 2.28. The molecule has 0 spiro atoms. The Balaban J connectivity index is 2.40. The zero-order chi connectivity index (χ0) is 9.84. The molecule has 2 nitrogen and oxygen atoms in total. The Hall–Kier alpha value is -0.0800. The number of hydrogen-bond donors (Lipinski definition) is 2. The minimum Gasteiger partial charge on any atom is -0.393 e. The largest absolute Gasteiger partial charge is 0.393 e. The summed E-state index contributed by atoms with van der Waals surface area (Å²) >= 11 is 0. The molecular formula is C11H22O2. The molecule has 13 heavy (non-hydrogen) atoms. The lowest BCUT2D eigenvalue weighted by molar-refractivity contribution is 0.0200. The molecule has 0 bridgehead atoms. The fourth-order valence-electron chi connectivity index (χ4n) is 2.41. The van der Waals surface area contributed by atoms with Crippen molar-refractivity contribution in [2.24, 2.45) is 11.8 Å². The quantitative estimate of drug-likeness (QED) is 0.707. The smallest absolute Gasteiger partial charge is 0.0569 e. The van der Waals surface area contributed by atoms with E-state index in [-0.39, 0.29) is 12.2 Å². The van der Waals surface area contributed by atoms with E-state index in [1.165, 1.54) is 6.42 Å². The molecule has 0 amide bonds. The summed E-state index contributed by atoms with van der Waals surface area (Å²) < 4.78 is 0. The maximum absolute atomic E-state index is 9.72. The van der Waals surface area contributed by atoms with E-state index in [1.54, 1.807) is 0 Å². The van der Waals surface area contributed by atoms with Crippen LogP contribution >= 0.6 is 0 Å². The molecule has 0 aromatic rings. The zero-order valence-corrected chi connectivity index (χ0v) is 8.74. The SMILES string of the molecule is CCC1CCC(O)C(CC(C)O)C1. The second-order valence-corrected chi connectivity index (χ2v) is 4.50. The second kappa shape index (κ2) is 4.97. The molecule has 4 atom stereocenters. The minimum atomic E-state index is -0.268. The molecule has 0 radical (unpaired) electrons. The van der Waals surface area contributed by atoms with Gasteiger partial charge in [0.05, 0.1) is 12.2 Å². The van der Waals surface area contributed by atoms with E-state index in [9.17, 15) is 10.2 Å². The fourth-order valence-corrected chi connectivity index (χ4v) is 2.41. The Labute approximate surface area is 81.0 Å². The van der Waals surface area contributed by atoms with Gasteiger partial charge in [-0.15, -0.1) is 0 Å². The van der Waals surface area contributed by atoms with Gasteiger partial charge < -0.3 is 10.2 Å². The Morgan fingerprint density at radius 3 is 2.62 bits per heavy atom. The highest BCUT2D eigenvalue weighted by atomic mass is 16.3. The Kier molecular flexibility index (Phi) is 4.20. The molecule has 0 aliphatic heterocycles. The Morgan fingerprint density at radius 2 is 2.08 bits per heavy atom. The van der Waals surface area contributed by atoms with Crippen LogP contribution in [0, 0.1) is 11.8 Å². The Bertz CT molecular complexity index is 145. The summed E-state index contributed by atoms with van der Waals surface area (Å²) in [6.45, 7) is 4.02. The number of hydrogen-bond acceptors (Lipinski definition) is 2. The van der Waals surface area contributed by atoms with Gasteiger partial charge in [-0.1, -0.05) is 13.3 Å². The predicted octanol–water partition coefficient (Wildman–Crippen LogP) is 1.94. The average Bonchev–Trinajstić information content (AvgIpc) is 2.08. The van der Waals surface area contributed by atoms with Crippen LogP contribution in [0.1, 0.15) is 46.0 Å². The van der Waals surface area contributed by atoms with Crippen molar-refractivity contribution in [1.29, 1.82) is 0 Å². The summed E-state index contributed by atoms with van der Waals surface area (Å²) in [6.07, 6.45) is 4.72. The van der Waals surface area contributed by atoms with Crippen molar-refractivity contribution in [2.75, 3.05) is 0 Å². The van der Waals surface area contributed by atoms with E-state index < -0.39 is 0 Å². The van der Waals surface area contributed by atoms with Crippen molar-refractivity contribution in [3.8, 4) is 0 Å². The minimum absolute atomic E-state index is 0.169. The maximum atomic E-state index is 9.72. The number of rotatable bonds is 3. The summed E-state index contributed by atoms with van der Waals surface area (Å²) in [6, 6.07) is 0. The molecule has 0 heterocycles. The first-order valence-electron chi connectivity index (χ1n) is 5.49. The van der Waals surface area contributed by atoms with E-state index in [4.69, 9.17) is 0 Å². The van der Waals surface area contributed by atoms with Crippen molar-refractivity contribution < 1.29 is 10.2 Å². The average molecular weight is 186 g/mol. The van der Waals surface area contributed by atoms with Gasteiger partial charge in [-0.3, -0.25) is 0 Å². The van der Waals surface area contributed by atoms with Gasteiger partial charge in [0.15, 0.2) is 0 Å². The summed E-state index contributed by atoms with van der Waals surface area (Å²) in [5.74, 6) is 1.10. The zero-order valence-electron chi connectivity index (χ0n) is 8.74. The molecule has 0 aromatic heterocycles. The molecule has 0 saturated heterocycles. The third kappa shape index (κ3) is 3.28. The van der Waals surface area contributed by atoms with Gasteiger partial charge in [-0.05, 0) is 44.4 Å². The molecule has 2 N–H and O–H groups in total. The van der Waals surface area contributed by atoms with Gasteiger partial charge in [0.2, 0.25) is 0 Å². The lowest BCUT2D eigenvalue weighted by atomic mass is 9.76. The summed E-state index contributed by atoms with van der Waals surface area (Å²) in [4.78, 5) is 0. The standard InChI is InChI=1S/C11H22O2/c1-3-9-4-5-11(13)10(7-9)6-8(2)12/h8-13H,3-7H2,1-2H3. The highest BCUT2D eigenvalue weighted by Crippen LogP contribution is 2.33. The van der Waals surface area contributed by atoms with Crippen LogP contribution in [0.25, 0.3) is 0 Å². The van der Waals surface area contributed by atoms with Crippen LogP contribution in [-0.4, -0.2) is 22.4 Å². The molecule has 1 aliphatic carbocycles. The first kappa shape index (κ1) is 11.0. The topological polar surface area (TPSA) is 40.5 Å². The van der Waals surface area contributed by atoms with E-state index in [1.807, 2.05) is 6.92 Å². The first-order chi connectivity index (χ1) is 6.13. The van der Waals surface area contributed by atoms with Gasteiger partial charge in [0, 0.05) is 0 Å². The second-order valence-electron chi connectivity index (χ2n) is 4.50. The lowest BCUT2D eigenvalue weighted by Gasteiger charge is -2.33. The fraction of sp³-hybridized carbons (Fsp3) is 1.00. The third-order valence-electron chi connectivity index (χ3n) is 3.27. The van der Waals surface area contributed by atoms with Gasteiger partial charge in [-0.25, -0.2) is 0 Å². The highest BCUT2D eigenvalue weighted by molar-refractivity contribution is 4.80. The van der Waals surface area contributed by atoms with Crippen molar-refractivity contribution >= 4 is 0 Å². The van der Waals surface area contributed by atoms with Crippen LogP contribution < -0.4 is 0 Å². The molecule has 1 fully saturated rings. The normalized spacial score (nSPS) is 37.4. The molecule has 2 heteroatoms. The molecule has 1 aliphatic rings. The molecular weight excluding hydrogens is 164 g/mol. The predicted molar refractivity (Wildman–Crippen MR) is 53.4 cm³/mol. The summed E-state index contributed by atoms with van der Waals surface area (Å²) in [5.41, 5.74) is 0. The summed E-state index contributed by atoms with van der Waals surface area (Å²) in [5, 5.41) is 19.0. The molecule has 4 unspecified atom stereocenters.